The number of anilines is 1. The lowest BCUT2D eigenvalue weighted by atomic mass is 9.91. The number of nitrogens with zero attached hydrogens (tertiary/aromatic N) is 4. The molecule has 2 aliphatic heterocycles. The Morgan fingerprint density at radius 3 is 2.40 bits per heavy atom. The van der Waals surface area contributed by atoms with Gasteiger partial charge in [0.2, 0.25) is 0 Å². The largest absolute Gasteiger partial charge is 0.485 e. The zero-order valence-electron chi connectivity index (χ0n) is 26.4. The van der Waals surface area contributed by atoms with E-state index in [0.29, 0.717) is 50.0 Å². The van der Waals surface area contributed by atoms with Crippen molar-refractivity contribution in [1.29, 1.82) is 0 Å². The van der Waals surface area contributed by atoms with Crippen LogP contribution >= 0.6 is 0 Å². The second-order valence-electron chi connectivity index (χ2n) is 12.7. The molecule has 2 saturated heterocycles. The van der Waals surface area contributed by atoms with Gasteiger partial charge in [0, 0.05) is 53.6 Å². The van der Waals surface area contributed by atoms with E-state index in [2.05, 4.69) is 15.9 Å². The number of carbonyl (C=O) groups excluding carboxylic acids is 1. The van der Waals surface area contributed by atoms with E-state index in [0.717, 1.165) is 55.0 Å². The molecule has 1 saturated carbocycles. The highest BCUT2D eigenvalue weighted by Crippen LogP contribution is 2.36. The highest BCUT2D eigenvalue weighted by atomic mass is 19.1. The molecule has 6 rings (SSSR count). The van der Waals surface area contributed by atoms with Crippen molar-refractivity contribution in [2.75, 3.05) is 37.7 Å². The first-order valence-electron chi connectivity index (χ1n) is 16.6. The van der Waals surface area contributed by atoms with Gasteiger partial charge in [-0.1, -0.05) is 25.0 Å². The predicted octanol–water partition coefficient (Wildman–Crippen LogP) is 7.21. The maximum absolute atomic E-state index is 15.2. The van der Waals surface area contributed by atoms with E-state index in [-0.39, 0.29) is 29.8 Å². The van der Waals surface area contributed by atoms with Crippen LogP contribution in [0.3, 0.4) is 0 Å². The van der Waals surface area contributed by atoms with Crippen LogP contribution in [-0.4, -0.2) is 59.7 Å². The molecule has 0 unspecified atom stereocenters. The van der Waals surface area contributed by atoms with Crippen molar-refractivity contribution in [1.82, 2.24) is 14.9 Å². The third-order valence-corrected chi connectivity index (χ3v) is 9.84. The summed E-state index contributed by atoms with van der Waals surface area (Å²) in [5, 5.41) is 0. The van der Waals surface area contributed by atoms with Crippen LogP contribution in [0.1, 0.15) is 81.2 Å². The average molecular weight is 619 g/mol. The molecule has 0 amide bonds. The summed E-state index contributed by atoms with van der Waals surface area (Å²) in [7, 11) is 0. The first-order valence-corrected chi connectivity index (χ1v) is 16.6. The van der Waals surface area contributed by atoms with E-state index in [1.807, 2.05) is 32.0 Å². The molecule has 0 spiro atoms. The fourth-order valence-corrected chi connectivity index (χ4v) is 7.22. The number of benzene rings is 1. The van der Waals surface area contributed by atoms with Crippen molar-refractivity contribution in [2.24, 2.45) is 5.92 Å². The van der Waals surface area contributed by atoms with E-state index in [1.165, 1.54) is 31.7 Å². The molecule has 3 fully saturated rings. The summed E-state index contributed by atoms with van der Waals surface area (Å²) in [6.07, 6.45) is 8.98. The van der Waals surface area contributed by atoms with Crippen LogP contribution in [0.25, 0.3) is 11.3 Å². The zero-order chi connectivity index (χ0) is 31.3. The van der Waals surface area contributed by atoms with E-state index in [1.54, 1.807) is 6.07 Å². The number of carbonyl (C=O) groups is 1. The molecule has 7 nitrogen and oxygen atoms in total. The summed E-state index contributed by atoms with van der Waals surface area (Å²) < 4.78 is 41.0. The SMILES string of the molecule is CCOC(=O)C1CCN(c2cccc(-c3cc(F)cc(F)c3OCc3ccc(C4CCN(C5CCCC5)CC4)nc3C)n2)CC1. The molecule has 0 atom stereocenters. The van der Waals surface area contributed by atoms with Crippen LogP contribution in [0.15, 0.2) is 42.5 Å². The van der Waals surface area contributed by atoms with Gasteiger partial charge in [-0.25, -0.2) is 13.8 Å². The van der Waals surface area contributed by atoms with Gasteiger partial charge in [0.15, 0.2) is 11.6 Å². The molecule has 3 aliphatic rings. The Kier molecular flexibility index (Phi) is 9.93. The third-order valence-electron chi connectivity index (χ3n) is 9.84. The predicted molar refractivity (Wildman–Crippen MR) is 170 cm³/mol. The number of likely N-dealkylation sites (tertiary alicyclic amines) is 1. The van der Waals surface area contributed by atoms with Gasteiger partial charge in [-0.3, -0.25) is 9.78 Å². The first kappa shape index (κ1) is 31.4. The maximum atomic E-state index is 15.2. The summed E-state index contributed by atoms with van der Waals surface area (Å²) in [5.74, 6) is -0.645. The van der Waals surface area contributed by atoms with Crippen molar-refractivity contribution < 1.29 is 23.0 Å². The number of aryl methyl sites for hydroxylation is 1. The number of pyridine rings is 2. The molecule has 0 radical (unpaired) electrons. The zero-order valence-corrected chi connectivity index (χ0v) is 26.4. The van der Waals surface area contributed by atoms with Crippen LogP contribution in [-0.2, 0) is 16.1 Å². The minimum absolute atomic E-state index is 0.0372. The van der Waals surface area contributed by atoms with E-state index in [9.17, 15) is 9.18 Å². The van der Waals surface area contributed by atoms with Crippen LogP contribution in [0.2, 0.25) is 0 Å². The normalized spacial score (nSPS) is 18.8. The molecule has 2 aromatic heterocycles. The Morgan fingerprint density at radius 1 is 0.933 bits per heavy atom. The fraction of sp³-hybridized carbons (Fsp3) is 0.528. The summed E-state index contributed by atoms with van der Waals surface area (Å²) >= 11 is 0. The van der Waals surface area contributed by atoms with E-state index >= 15 is 4.39 Å². The van der Waals surface area contributed by atoms with Gasteiger partial charge in [0.1, 0.15) is 18.2 Å². The second kappa shape index (κ2) is 14.2. The third kappa shape index (κ3) is 7.29. The van der Waals surface area contributed by atoms with Gasteiger partial charge >= 0.3 is 5.97 Å². The minimum Gasteiger partial charge on any atom is -0.485 e. The van der Waals surface area contributed by atoms with Crippen molar-refractivity contribution in [3.8, 4) is 17.0 Å². The lowest BCUT2D eigenvalue weighted by molar-refractivity contribution is -0.148. The van der Waals surface area contributed by atoms with Crippen molar-refractivity contribution >= 4 is 11.8 Å². The number of hydrogen-bond acceptors (Lipinski definition) is 7. The van der Waals surface area contributed by atoms with Gasteiger partial charge in [-0.2, -0.15) is 0 Å². The topological polar surface area (TPSA) is 67.8 Å². The average Bonchev–Trinajstić information content (AvgIpc) is 3.60. The number of esters is 1. The van der Waals surface area contributed by atoms with Crippen LogP contribution in [0.4, 0.5) is 14.6 Å². The van der Waals surface area contributed by atoms with Gasteiger partial charge < -0.3 is 19.3 Å². The monoisotopic (exact) mass is 618 g/mol. The summed E-state index contributed by atoms with van der Waals surface area (Å²) in [6.45, 7) is 7.81. The number of piperidine rings is 2. The maximum Gasteiger partial charge on any atom is 0.309 e. The van der Waals surface area contributed by atoms with Gasteiger partial charge in [-0.15, -0.1) is 0 Å². The number of rotatable bonds is 9. The Labute approximate surface area is 265 Å². The lowest BCUT2D eigenvalue weighted by Gasteiger charge is -2.36. The highest BCUT2D eigenvalue weighted by molar-refractivity contribution is 5.73. The van der Waals surface area contributed by atoms with Crippen molar-refractivity contribution in [3.05, 3.63) is 71.1 Å². The van der Waals surface area contributed by atoms with E-state index in [4.69, 9.17) is 19.4 Å². The Bertz CT molecular complexity index is 1480. The lowest BCUT2D eigenvalue weighted by Crippen LogP contribution is -2.39. The minimum atomic E-state index is -0.774. The number of aromatic nitrogens is 2. The highest BCUT2D eigenvalue weighted by Gasteiger charge is 2.29. The van der Waals surface area contributed by atoms with Gasteiger partial charge in [0.25, 0.3) is 0 Å². The first-order chi connectivity index (χ1) is 21.9. The summed E-state index contributed by atoms with van der Waals surface area (Å²) in [4.78, 5) is 26.6. The van der Waals surface area contributed by atoms with Crippen LogP contribution < -0.4 is 9.64 Å². The molecule has 0 N–H and O–H groups in total. The van der Waals surface area contributed by atoms with Crippen molar-refractivity contribution in [2.45, 2.75) is 83.8 Å². The molecule has 1 aromatic carbocycles. The molecule has 240 valence electrons. The number of halogens is 2. The molecular weight excluding hydrogens is 574 g/mol. The summed E-state index contributed by atoms with van der Waals surface area (Å²) in [5.41, 5.74) is 3.52. The molecule has 45 heavy (non-hydrogen) atoms. The molecule has 0 bridgehead atoms. The second-order valence-corrected chi connectivity index (χ2v) is 12.7. The smallest absolute Gasteiger partial charge is 0.309 e. The Balaban J connectivity index is 1.13. The van der Waals surface area contributed by atoms with Crippen LogP contribution in [0.5, 0.6) is 5.75 Å². The molecule has 4 heterocycles. The van der Waals surface area contributed by atoms with Crippen molar-refractivity contribution in [3.63, 3.8) is 0 Å². The molecular formula is C36H44F2N4O3. The van der Waals surface area contributed by atoms with Gasteiger partial charge in [0.05, 0.1) is 18.2 Å². The fourth-order valence-electron chi connectivity index (χ4n) is 7.22. The summed E-state index contributed by atoms with van der Waals surface area (Å²) in [6, 6.07) is 12.4. The Morgan fingerprint density at radius 2 is 1.69 bits per heavy atom. The number of hydrogen-bond donors (Lipinski definition) is 0. The van der Waals surface area contributed by atoms with Crippen LogP contribution in [0, 0.1) is 24.5 Å². The quantitative estimate of drug-likeness (QED) is 0.235. The van der Waals surface area contributed by atoms with Gasteiger partial charge in [-0.05, 0) is 89.7 Å². The standard InChI is InChI=1S/C36H44F2N4O3/c1-3-44-36(43)26-15-19-42(20-16-26)34-10-6-9-33(40-34)30-21-28(37)22-31(38)35(30)45-23-27-11-12-32(39-24(27)2)25-13-17-41(18-14-25)29-7-4-5-8-29/h6,9-12,21-22,25-26,29H,3-5,7-8,13-20,23H2,1-2H3. The molecule has 3 aromatic rings. The van der Waals surface area contributed by atoms with E-state index < -0.39 is 11.6 Å². The number of ether oxygens (including phenoxy) is 2. The molecule has 9 heteroatoms. The Hall–Kier alpha value is -3.59. The molecule has 1 aliphatic carbocycles.